The van der Waals surface area contributed by atoms with Gasteiger partial charge in [-0.2, -0.15) is 5.26 Å². The smallest absolute Gasteiger partial charge is 0.125 e. The van der Waals surface area contributed by atoms with Crippen molar-refractivity contribution in [3.8, 4) is 6.07 Å². The van der Waals surface area contributed by atoms with E-state index in [9.17, 15) is 4.39 Å². The van der Waals surface area contributed by atoms with Gasteiger partial charge in [0.25, 0.3) is 0 Å². The van der Waals surface area contributed by atoms with Crippen molar-refractivity contribution in [1.82, 2.24) is 0 Å². The number of methoxy groups -OCH3 is 1. The number of nitriles is 1. The number of alkyl halides is 1. The number of anilines is 1. The minimum Gasteiger partial charge on any atom is -0.383 e. The van der Waals surface area contributed by atoms with Crippen molar-refractivity contribution in [3.63, 3.8) is 0 Å². The van der Waals surface area contributed by atoms with Crippen LogP contribution in [0.15, 0.2) is 18.2 Å². The van der Waals surface area contributed by atoms with Crippen LogP contribution in [0.2, 0.25) is 0 Å². The summed E-state index contributed by atoms with van der Waals surface area (Å²) in [6.45, 7) is 1.69. The first kappa shape index (κ1) is 14.7. The Kier molecular flexibility index (Phi) is 6.48. The third kappa shape index (κ3) is 4.52. The van der Waals surface area contributed by atoms with E-state index < -0.39 is 0 Å². The molecule has 0 fully saturated rings. The van der Waals surface area contributed by atoms with Gasteiger partial charge >= 0.3 is 0 Å². The lowest BCUT2D eigenvalue weighted by molar-refractivity contribution is 0.205. The summed E-state index contributed by atoms with van der Waals surface area (Å²) in [7, 11) is 1.61. The molecular weight excluding hydrogens is 255 g/mol. The van der Waals surface area contributed by atoms with Crippen LogP contribution in [0.3, 0.4) is 0 Å². The predicted molar refractivity (Wildman–Crippen MR) is 70.3 cm³/mol. The number of benzene rings is 1. The molecule has 0 aliphatic rings. The lowest BCUT2D eigenvalue weighted by Crippen LogP contribution is -2.28. The molecule has 0 bridgehead atoms. The Bertz CT molecular complexity index is 420. The highest BCUT2D eigenvalue weighted by atomic mass is 35.5. The summed E-state index contributed by atoms with van der Waals surface area (Å²) in [5, 5.41) is 8.64. The second kappa shape index (κ2) is 7.91. The van der Waals surface area contributed by atoms with Gasteiger partial charge in [0, 0.05) is 31.8 Å². The van der Waals surface area contributed by atoms with E-state index in [0.29, 0.717) is 26.1 Å². The molecule has 18 heavy (non-hydrogen) atoms. The maximum atomic E-state index is 13.4. The largest absolute Gasteiger partial charge is 0.383 e. The normalized spacial score (nSPS) is 10.1. The molecule has 0 N–H and O–H groups in total. The molecule has 5 heteroatoms. The number of nitrogens with zero attached hydrogens (tertiary/aromatic N) is 2. The van der Waals surface area contributed by atoms with Crippen molar-refractivity contribution in [2.75, 3.05) is 31.7 Å². The molecule has 0 heterocycles. The van der Waals surface area contributed by atoms with Crippen LogP contribution >= 0.6 is 11.6 Å². The van der Waals surface area contributed by atoms with Gasteiger partial charge in [0.2, 0.25) is 0 Å². The van der Waals surface area contributed by atoms with Gasteiger partial charge in [0.15, 0.2) is 0 Å². The first-order chi connectivity index (χ1) is 8.71. The quantitative estimate of drug-likeness (QED) is 0.715. The van der Waals surface area contributed by atoms with E-state index in [1.165, 1.54) is 12.1 Å². The number of hydrogen-bond donors (Lipinski definition) is 0. The molecule has 0 saturated heterocycles. The van der Waals surface area contributed by atoms with Crippen LogP contribution in [0, 0.1) is 17.1 Å². The van der Waals surface area contributed by atoms with Crippen molar-refractivity contribution in [2.45, 2.75) is 12.3 Å². The number of hydrogen-bond acceptors (Lipinski definition) is 3. The SMILES string of the molecule is COCCN(CCC#N)c1cc(F)cc(CCl)c1. The van der Waals surface area contributed by atoms with Gasteiger partial charge in [-0.05, 0) is 23.8 Å². The zero-order valence-electron chi connectivity index (χ0n) is 10.3. The highest BCUT2D eigenvalue weighted by molar-refractivity contribution is 6.17. The van der Waals surface area contributed by atoms with E-state index in [2.05, 4.69) is 6.07 Å². The second-order valence-corrected chi connectivity index (χ2v) is 4.11. The summed E-state index contributed by atoms with van der Waals surface area (Å²) < 4.78 is 18.5. The molecule has 1 aromatic rings. The van der Waals surface area contributed by atoms with Crippen LogP contribution in [0.5, 0.6) is 0 Å². The van der Waals surface area contributed by atoms with Gasteiger partial charge in [-0.25, -0.2) is 4.39 Å². The standard InChI is InChI=1S/C13H16ClFN2O/c1-18-6-5-17(4-2-3-16)13-8-11(10-14)7-12(15)9-13/h7-9H,2,4-6,10H2,1H3. The summed E-state index contributed by atoms with van der Waals surface area (Å²) in [5.74, 6) is -0.0521. The fourth-order valence-electron chi connectivity index (χ4n) is 1.65. The summed E-state index contributed by atoms with van der Waals surface area (Å²) in [4.78, 5) is 1.92. The summed E-state index contributed by atoms with van der Waals surface area (Å²) in [6, 6.07) is 6.78. The first-order valence-corrected chi connectivity index (χ1v) is 6.21. The van der Waals surface area contributed by atoms with Crippen LogP contribution in [-0.2, 0) is 10.6 Å². The summed E-state index contributed by atoms with van der Waals surface area (Å²) in [5.41, 5.74) is 1.46. The topological polar surface area (TPSA) is 36.3 Å². The van der Waals surface area contributed by atoms with E-state index in [1.807, 2.05) is 11.0 Å². The fraction of sp³-hybridized carbons (Fsp3) is 0.462. The van der Waals surface area contributed by atoms with E-state index in [0.717, 1.165) is 11.3 Å². The average molecular weight is 271 g/mol. The molecule has 98 valence electrons. The highest BCUT2D eigenvalue weighted by Gasteiger charge is 2.09. The van der Waals surface area contributed by atoms with Crippen molar-refractivity contribution in [3.05, 3.63) is 29.6 Å². The first-order valence-electron chi connectivity index (χ1n) is 5.67. The Hall–Kier alpha value is -1.31. The van der Waals surface area contributed by atoms with Gasteiger partial charge in [-0.3, -0.25) is 0 Å². The summed E-state index contributed by atoms with van der Waals surface area (Å²) in [6.07, 6.45) is 0.385. The van der Waals surface area contributed by atoms with Crippen molar-refractivity contribution >= 4 is 17.3 Å². The van der Waals surface area contributed by atoms with Crippen LogP contribution in [-0.4, -0.2) is 26.8 Å². The summed E-state index contributed by atoms with van der Waals surface area (Å²) >= 11 is 5.72. The molecule has 0 radical (unpaired) electrons. The third-order valence-electron chi connectivity index (χ3n) is 2.52. The molecule has 0 saturated carbocycles. The highest BCUT2D eigenvalue weighted by Crippen LogP contribution is 2.20. The number of ether oxygens (including phenoxy) is 1. The van der Waals surface area contributed by atoms with Gasteiger partial charge in [-0.15, -0.1) is 11.6 Å². The zero-order valence-corrected chi connectivity index (χ0v) is 11.1. The maximum absolute atomic E-state index is 13.4. The lowest BCUT2D eigenvalue weighted by atomic mass is 10.2. The molecule has 0 unspecified atom stereocenters. The number of halogens is 2. The van der Waals surface area contributed by atoms with Crippen LogP contribution < -0.4 is 4.90 Å². The molecule has 3 nitrogen and oxygen atoms in total. The van der Waals surface area contributed by atoms with Crippen molar-refractivity contribution in [1.29, 1.82) is 5.26 Å². The van der Waals surface area contributed by atoms with E-state index in [1.54, 1.807) is 7.11 Å². The lowest BCUT2D eigenvalue weighted by Gasteiger charge is -2.24. The molecule has 0 aliphatic heterocycles. The van der Waals surface area contributed by atoms with E-state index in [-0.39, 0.29) is 11.7 Å². The predicted octanol–water partition coefficient (Wildman–Crippen LogP) is 2.93. The van der Waals surface area contributed by atoms with Crippen molar-refractivity contribution < 1.29 is 9.13 Å². The molecule has 0 amide bonds. The Morgan fingerprint density at radius 1 is 1.39 bits per heavy atom. The number of rotatable bonds is 7. The second-order valence-electron chi connectivity index (χ2n) is 3.84. The maximum Gasteiger partial charge on any atom is 0.125 e. The molecule has 1 rings (SSSR count). The van der Waals surface area contributed by atoms with E-state index in [4.69, 9.17) is 21.6 Å². The van der Waals surface area contributed by atoms with Gasteiger partial charge in [0.1, 0.15) is 5.82 Å². The van der Waals surface area contributed by atoms with E-state index >= 15 is 0 Å². The Morgan fingerprint density at radius 3 is 2.78 bits per heavy atom. The van der Waals surface area contributed by atoms with Gasteiger partial charge in [-0.1, -0.05) is 0 Å². The molecule has 0 aliphatic carbocycles. The fourth-order valence-corrected chi connectivity index (χ4v) is 1.80. The van der Waals surface area contributed by atoms with Crippen LogP contribution in [0.1, 0.15) is 12.0 Å². The minimum atomic E-state index is -0.317. The average Bonchev–Trinajstić information content (AvgIpc) is 2.38. The monoisotopic (exact) mass is 270 g/mol. The minimum absolute atomic E-state index is 0.265. The van der Waals surface area contributed by atoms with Gasteiger partial charge < -0.3 is 9.64 Å². The Balaban J connectivity index is 2.88. The van der Waals surface area contributed by atoms with Crippen LogP contribution in [0.4, 0.5) is 10.1 Å². The molecule has 0 aromatic heterocycles. The van der Waals surface area contributed by atoms with Gasteiger partial charge in [0.05, 0.1) is 19.1 Å². The molecule has 0 spiro atoms. The van der Waals surface area contributed by atoms with Crippen LogP contribution in [0.25, 0.3) is 0 Å². The van der Waals surface area contributed by atoms with Crippen molar-refractivity contribution in [2.24, 2.45) is 0 Å². The molecule has 0 atom stereocenters. The Labute approximate surface area is 112 Å². The Morgan fingerprint density at radius 2 is 2.17 bits per heavy atom. The molecular formula is C13H16ClFN2O. The molecule has 1 aromatic carbocycles. The zero-order chi connectivity index (χ0) is 13.4. The third-order valence-corrected chi connectivity index (χ3v) is 2.83.